The van der Waals surface area contributed by atoms with Gasteiger partial charge in [-0.25, -0.2) is 0 Å². The molecule has 7 nitrogen and oxygen atoms in total. The zero-order chi connectivity index (χ0) is 18.4. The van der Waals surface area contributed by atoms with Crippen molar-refractivity contribution in [1.82, 2.24) is 0 Å². The molecule has 0 aliphatic carbocycles. The summed E-state index contributed by atoms with van der Waals surface area (Å²) in [5.41, 5.74) is 2.00. The molecule has 0 heterocycles. The molecular weight excluding hydrogens is 322 g/mol. The lowest BCUT2D eigenvalue weighted by molar-refractivity contribution is -0.384. The first-order chi connectivity index (χ1) is 11.9. The van der Waals surface area contributed by atoms with Crippen molar-refractivity contribution < 1.29 is 14.5 Å². The molecule has 0 saturated heterocycles. The van der Waals surface area contributed by atoms with Crippen LogP contribution in [0.5, 0.6) is 0 Å². The molecule has 2 rings (SSSR count). The van der Waals surface area contributed by atoms with Gasteiger partial charge >= 0.3 is 0 Å². The van der Waals surface area contributed by atoms with Gasteiger partial charge in [0.05, 0.1) is 4.92 Å². The number of nitro benzene ring substituents is 1. The zero-order valence-electron chi connectivity index (χ0n) is 13.8. The molecule has 2 aromatic rings. The van der Waals surface area contributed by atoms with Crippen LogP contribution in [0.1, 0.15) is 12.5 Å². The lowest BCUT2D eigenvalue weighted by Crippen LogP contribution is -2.22. The molecule has 0 spiro atoms. The first-order valence-electron chi connectivity index (χ1n) is 7.44. The van der Waals surface area contributed by atoms with Crippen molar-refractivity contribution >= 4 is 35.0 Å². The molecule has 0 unspecified atom stereocenters. The number of rotatable bonds is 5. The van der Waals surface area contributed by atoms with E-state index in [1.54, 1.807) is 49.5 Å². The maximum atomic E-state index is 11.9. The average Bonchev–Trinajstić information content (AvgIpc) is 2.60. The highest BCUT2D eigenvalue weighted by atomic mass is 16.6. The summed E-state index contributed by atoms with van der Waals surface area (Å²) < 4.78 is 0. The maximum absolute atomic E-state index is 11.9. The summed E-state index contributed by atoms with van der Waals surface area (Å²) in [5, 5.41) is 13.3. The molecule has 0 saturated carbocycles. The van der Waals surface area contributed by atoms with Crippen molar-refractivity contribution in [2.24, 2.45) is 0 Å². The third-order valence-electron chi connectivity index (χ3n) is 3.53. The number of nitrogens with zero attached hydrogens (tertiary/aromatic N) is 2. The molecule has 0 bridgehead atoms. The van der Waals surface area contributed by atoms with E-state index in [0.717, 1.165) is 5.69 Å². The van der Waals surface area contributed by atoms with Crippen molar-refractivity contribution in [3.05, 3.63) is 70.3 Å². The van der Waals surface area contributed by atoms with E-state index in [4.69, 9.17) is 0 Å². The molecule has 7 heteroatoms. The fourth-order valence-corrected chi connectivity index (χ4v) is 2.01. The minimum atomic E-state index is -0.479. The quantitative estimate of drug-likeness (QED) is 0.514. The van der Waals surface area contributed by atoms with Crippen LogP contribution in [-0.2, 0) is 9.59 Å². The standard InChI is InChI=1S/C18H17N3O4/c1-13(22)20(2)16-10-6-15(7-11-16)19-18(23)12-5-14-3-8-17(9-4-14)21(24)25/h3-12H,1-2H3,(H,19,23)/b12-5+. The number of carbonyl (C=O) groups excluding carboxylic acids is 2. The van der Waals surface area contributed by atoms with E-state index in [2.05, 4.69) is 5.32 Å². The van der Waals surface area contributed by atoms with E-state index in [1.165, 1.54) is 30.0 Å². The highest BCUT2D eigenvalue weighted by Gasteiger charge is 2.06. The lowest BCUT2D eigenvalue weighted by atomic mass is 10.2. The molecule has 0 atom stereocenters. The molecule has 128 valence electrons. The van der Waals surface area contributed by atoms with E-state index in [-0.39, 0.29) is 17.5 Å². The number of nitro groups is 1. The number of hydrogen-bond acceptors (Lipinski definition) is 4. The Bertz CT molecular complexity index is 811. The van der Waals surface area contributed by atoms with Gasteiger partial charge in [0.2, 0.25) is 11.8 Å². The van der Waals surface area contributed by atoms with Gasteiger partial charge in [-0.3, -0.25) is 19.7 Å². The van der Waals surface area contributed by atoms with Crippen molar-refractivity contribution in [2.75, 3.05) is 17.3 Å². The van der Waals surface area contributed by atoms with Gasteiger partial charge in [0, 0.05) is 43.6 Å². The highest BCUT2D eigenvalue weighted by molar-refractivity contribution is 6.02. The van der Waals surface area contributed by atoms with Gasteiger partial charge in [-0.2, -0.15) is 0 Å². The molecule has 0 radical (unpaired) electrons. The van der Waals surface area contributed by atoms with E-state index in [1.807, 2.05) is 0 Å². The topological polar surface area (TPSA) is 92.6 Å². The second kappa shape index (κ2) is 7.87. The maximum Gasteiger partial charge on any atom is 0.269 e. The van der Waals surface area contributed by atoms with Crippen LogP contribution in [0.2, 0.25) is 0 Å². The molecule has 0 fully saturated rings. The summed E-state index contributed by atoms with van der Waals surface area (Å²) in [4.78, 5) is 34.8. The Morgan fingerprint density at radius 2 is 1.68 bits per heavy atom. The highest BCUT2D eigenvalue weighted by Crippen LogP contribution is 2.17. The predicted octanol–water partition coefficient (Wildman–Crippen LogP) is 3.23. The number of benzene rings is 2. The van der Waals surface area contributed by atoms with Crippen molar-refractivity contribution in [1.29, 1.82) is 0 Å². The van der Waals surface area contributed by atoms with E-state index < -0.39 is 4.92 Å². The fraction of sp³-hybridized carbons (Fsp3) is 0.111. The van der Waals surface area contributed by atoms with Crippen LogP contribution in [0.15, 0.2) is 54.6 Å². The van der Waals surface area contributed by atoms with E-state index in [0.29, 0.717) is 11.3 Å². The summed E-state index contributed by atoms with van der Waals surface area (Å²) in [6.07, 6.45) is 2.91. The number of non-ortho nitro benzene ring substituents is 1. The summed E-state index contributed by atoms with van der Waals surface area (Å²) >= 11 is 0. The van der Waals surface area contributed by atoms with Crippen LogP contribution in [0.3, 0.4) is 0 Å². The number of hydrogen-bond donors (Lipinski definition) is 1. The average molecular weight is 339 g/mol. The largest absolute Gasteiger partial charge is 0.323 e. The summed E-state index contributed by atoms with van der Waals surface area (Å²) in [7, 11) is 1.67. The van der Waals surface area contributed by atoms with Gasteiger partial charge in [0.1, 0.15) is 0 Å². The number of anilines is 2. The van der Waals surface area contributed by atoms with Crippen molar-refractivity contribution in [3.8, 4) is 0 Å². The van der Waals surface area contributed by atoms with Crippen molar-refractivity contribution in [2.45, 2.75) is 6.92 Å². The molecule has 25 heavy (non-hydrogen) atoms. The van der Waals surface area contributed by atoms with Gasteiger partial charge < -0.3 is 10.2 Å². The van der Waals surface area contributed by atoms with Crippen molar-refractivity contribution in [3.63, 3.8) is 0 Å². The fourth-order valence-electron chi connectivity index (χ4n) is 2.01. The summed E-state index contributed by atoms with van der Waals surface area (Å²) in [6, 6.07) is 12.7. The van der Waals surface area contributed by atoms with Crippen LogP contribution in [0.25, 0.3) is 6.08 Å². The third-order valence-corrected chi connectivity index (χ3v) is 3.53. The smallest absolute Gasteiger partial charge is 0.269 e. The Morgan fingerprint density at radius 3 is 2.20 bits per heavy atom. The molecule has 2 amide bonds. The number of amides is 2. The van der Waals surface area contributed by atoms with Crippen LogP contribution >= 0.6 is 0 Å². The summed E-state index contributed by atoms with van der Waals surface area (Å²) in [5.74, 6) is -0.408. The second-order valence-corrected chi connectivity index (χ2v) is 5.30. The van der Waals surface area contributed by atoms with Gasteiger partial charge in [-0.1, -0.05) is 0 Å². The van der Waals surface area contributed by atoms with Gasteiger partial charge in [-0.05, 0) is 48.0 Å². The SMILES string of the molecule is CC(=O)N(C)c1ccc(NC(=O)/C=C/c2ccc([N+](=O)[O-])cc2)cc1. The summed E-state index contributed by atoms with van der Waals surface area (Å²) in [6.45, 7) is 1.47. The van der Waals surface area contributed by atoms with Gasteiger partial charge in [0.25, 0.3) is 5.69 Å². The van der Waals surface area contributed by atoms with Gasteiger partial charge in [-0.15, -0.1) is 0 Å². The van der Waals surface area contributed by atoms with Crippen LogP contribution in [0.4, 0.5) is 17.1 Å². The van der Waals surface area contributed by atoms with Crippen LogP contribution in [-0.4, -0.2) is 23.8 Å². The molecule has 0 aliphatic rings. The molecule has 0 aromatic heterocycles. The Morgan fingerprint density at radius 1 is 1.08 bits per heavy atom. The van der Waals surface area contributed by atoms with Gasteiger partial charge in [0.15, 0.2) is 0 Å². The Kier molecular flexibility index (Phi) is 5.62. The normalized spacial score (nSPS) is 10.5. The molecule has 0 aliphatic heterocycles. The molecular formula is C18H17N3O4. The first-order valence-corrected chi connectivity index (χ1v) is 7.44. The monoisotopic (exact) mass is 339 g/mol. The first kappa shape index (κ1) is 17.9. The third kappa shape index (κ3) is 5.00. The number of carbonyl (C=O) groups is 2. The lowest BCUT2D eigenvalue weighted by Gasteiger charge is -2.15. The van der Waals surface area contributed by atoms with Crippen LogP contribution < -0.4 is 10.2 Å². The minimum Gasteiger partial charge on any atom is -0.323 e. The van der Waals surface area contributed by atoms with E-state index >= 15 is 0 Å². The predicted molar refractivity (Wildman–Crippen MR) is 96.3 cm³/mol. The Hall–Kier alpha value is -3.48. The Balaban J connectivity index is 1.97. The number of nitrogens with one attached hydrogen (secondary N) is 1. The zero-order valence-corrected chi connectivity index (χ0v) is 13.8. The molecule has 1 N–H and O–H groups in total. The Labute approximate surface area is 144 Å². The molecule has 2 aromatic carbocycles. The second-order valence-electron chi connectivity index (χ2n) is 5.30. The minimum absolute atomic E-state index is 0.00257. The van der Waals surface area contributed by atoms with E-state index in [9.17, 15) is 19.7 Å². The van der Waals surface area contributed by atoms with Crippen LogP contribution in [0, 0.1) is 10.1 Å².